The van der Waals surface area contributed by atoms with Crippen LogP contribution in [0.5, 0.6) is 0 Å². The fraction of sp³-hybridized carbons (Fsp3) is 0.357. The molecule has 3 nitrogen and oxygen atoms in total. The van der Waals surface area contributed by atoms with E-state index >= 15 is 0 Å². The maximum absolute atomic E-state index is 10.1. The third kappa shape index (κ3) is 2.17. The SMILES string of the molecule is C#CCn1c([C@H](O)CCC)nc2ccccc21. The molecule has 0 fully saturated rings. The second-order valence-electron chi connectivity index (χ2n) is 4.05. The molecule has 0 saturated carbocycles. The van der Waals surface area contributed by atoms with E-state index in [2.05, 4.69) is 10.9 Å². The predicted molar refractivity (Wildman–Crippen MR) is 68.4 cm³/mol. The molecule has 0 amide bonds. The molecule has 1 N–H and O–H groups in total. The highest BCUT2D eigenvalue weighted by Gasteiger charge is 2.16. The Morgan fingerprint density at radius 2 is 2.24 bits per heavy atom. The van der Waals surface area contributed by atoms with Crippen molar-refractivity contribution in [3.05, 3.63) is 30.1 Å². The number of terminal acetylenes is 1. The first-order valence-corrected chi connectivity index (χ1v) is 5.84. The molecule has 0 aliphatic heterocycles. The van der Waals surface area contributed by atoms with Gasteiger partial charge in [-0.2, -0.15) is 0 Å². The molecule has 1 atom stereocenters. The number of nitrogens with zero attached hydrogens (tertiary/aromatic N) is 2. The van der Waals surface area contributed by atoms with Crippen LogP contribution < -0.4 is 0 Å². The monoisotopic (exact) mass is 228 g/mol. The molecule has 0 unspecified atom stereocenters. The zero-order chi connectivity index (χ0) is 12.3. The zero-order valence-electron chi connectivity index (χ0n) is 9.93. The molecule has 0 bridgehead atoms. The Labute approximate surface area is 101 Å². The summed E-state index contributed by atoms with van der Waals surface area (Å²) in [5, 5.41) is 10.1. The summed E-state index contributed by atoms with van der Waals surface area (Å²) < 4.78 is 1.91. The lowest BCUT2D eigenvalue weighted by Gasteiger charge is -2.10. The summed E-state index contributed by atoms with van der Waals surface area (Å²) in [5.41, 5.74) is 1.86. The number of benzene rings is 1. The Bertz CT molecular complexity index is 551. The molecule has 0 aliphatic carbocycles. The summed E-state index contributed by atoms with van der Waals surface area (Å²) in [5.74, 6) is 3.28. The van der Waals surface area contributed by atoms with E-state index in [9.17, 15) is 5.11 Å². The molecular weight excluding hydrogens is 212 g/mol. The van der Waals surface area contributed by atoms with E-state index in [1.54, 1.807) is 0 Å². The van der Waals surface area contributed by atoms with Gasteiger partial charge in [-0.25, -0.2) is 4.98 Å². The lowest BCUT2D eigenvalue weighted by atomic mass is 10.2. The molecule has 3 heteroatoms. The molecule has 2 aromatic rings. The van der Waals surface area contributed by atoms with Gasteiger partial charge in [0.2, 0.25) is 0 Å². The van der Waals surface area contributed by atoms with Crippen LogP contribution in [0.1, 0.15) is 31.7 Å². The summed E-state index contributed by atoms with van der Waals surface area (Å²) in [7, 11) is 0. The van der Waals surface area contributed by atoms with E-state index in [-0.39, 0.29) is 0 Å². The third-order valence-corrected chi connectivity index (χ3v) is 2.79. The second kappa shape index (κ2) is 5.03. The predicted octanol–water partition coefficient (Wildman–Crippen LogP) is 2.50. The van der Waals surface area contributed by atoms with E-state index in [4.69, 9.17) is 6.42 Å². The van der Waals surface area contributed by atoms with Crippen molar-refractivity contribution < 1.29 is 5.11 Å². The average Bonchev–Trinajstić information content (AvgIpc) is 2.70. The number of aliphatic hydroxyl groups is 1. The van der Waals surface area contributed by atoms with Gasteiger partial charge in [-0.05, 0) is 18.6 Å². The molecule has 17 heavy (non-hydrogen) atoms. The Hall–Kier alpha value is -1.79. The number of fused-ring (bicyclic) bond motifs is 1. The van der Waals surface area contributed by atoms with Gasteiger partial charge in [0.1, 0.15) is 11.9 Å². The smallest absolute Gasteiger partial charge is 0.139 e. The van der Waals surface area contributed by atoms with Crippen molar-refractivity contribution in [2.45, 2.75) is 32.4 Å². The van der Waals surface area contributed by atoms with Crippen LogP contribution in [-0.2, 0) is 6.54 Å². The van der Waals surface area contributed by atoms with Gasteiger partial charge in [0.15, 0.2) is 0 Å². The summed E-state index contributed by atoms with van der Waals surface area (Å²) >= 11 is 0. The zero-order valence-corrected chi connectivity index (χ0v) is 9.93. The maximum Gasteiger partial charge on any atom is 0.139 e. The molecule has 1 heterocycles. The number of rotatable bonds is 4. The quantitative estimate of drug-likeness (QED) is 0.816. The van der Waals surface area contributed by atoms with Crippen molar-refractivity contribution in [1.29, 1.82) is 0 Å². The first kappa shape index (κ1) is 11.7. The first-order valence-electron chi connectivity index (χ1n) is 5.84. The van der Waals surface area contributed by atoms with Crippen molar-refractivity contribution in [1.82, 2.24) is 9.55 Å². The van der Waals surface area contributed by atoms with Gasteiger partial charge in [0.05, 0.1) is 17.6 Å². The molecule has 1 aromatic carbocycles. The fourth-order valence-electron chi connectivity index (χ4n) is 2.01. The van der Waals surface area contributed by atoms with Gasteiger partial charge < -0.3 is 9.67 Å². The highest BCUT2D eigenvalue weighted by atomic mass is 16.3. The van der Waals surface area contributed by atoms with E-state index in [1.807, 2.05) is 35.8 Å². The van der Waals surface area contributed by atoms with Gasteiger partial charge in [-0.15, -0.1) is 6.42 Å². The Balaban J connectivity index is 2.54. The number of aliphatic hydroxyl groups excluding tert-OH is 1. The van der Waals surface area contributed by atoms with Gasteiger partial charge in [-0.1, -0.05) is 31.4 Å². The fourth-order valence-corrected chi connectivity index (χ4v) is 2.01. The van der Waals surface area contributed by atoms with Crippen molar-refractivity contribution in [2.75, 3.05) is 0 Å². The van der Waals surface area contributed by atoms with Gasteiger partial charge in [-0.3, -0.25) is 0 Å². The number of para-hydroxylation sites is 2. The largest absolute Gasteiger partial charge is 0.385 e. The summed E-state index contributed by atoms with van der Waals surface area (Å²) in [6, 6.07) is 7.80. The maximum atomic E-state index is 10.1. The Morgan fingerprint density at radius 3 is 2.94 bits per heavy atom. The van der Waals surface area contributed by atoms with Crippen LogP contribution in [0.15, 0.2) is 24.3 Å². The third-order valence-electron chi connectivity index (χ3n) is 2.79. The average molecular weight is 228 g/mol. The van der Waals surface area contributed by atoms with E-state index in [0.29, 0.717) is 18.8 Å². The number of hydrogen-bond acceptors (Lipinski definition) is 2. The summed E-state index contributed by atoms with van der Waals surface area (Å²) in [4.78, 5) is 4.47. The van der Waals surface area contributed by atoms with Crippen molar-refractivity contribution in [3.63, 3.8) is 0 Å². The van der Waals surface area contributed by atoms with Crippen LogP contribution in [0.25, 0.3) is 11.0 Å². The molecule has 0 saturated heterocycles. The molecule has 0 radical (unpaired) electrons. The minimum absolute atomic E-state index is 0.441. The normalized spacial score (nSPS) is 12.5. The first-order chi connectivity index (χ1) is 8.27. The Kier molecular flexibility index (Phi) is 3.46. The van der Waals surface area contributed by atoms with Crippen LogP contribution >= 0.6 is 0 Å². The van der Waals surface area contributed by atoms with E-state index in [0.717, 1.165) is 17.5 Å². The summed E-state index contributed by atoms with van der Waals surface area (Å²) in [6.07, 6.45) is 6.45. The van der Waals surface area contributed by atoms with Crippen LogP contribution in [0.4, 0.5) is 0 Å². The van der Waals surface area contributed by atoms with Gasteiger partial charge >= 0.3 is 0 Å². The molecular formula is C14H16N2O. The van der Waals surface area contributed by atoms with Gasteiger partial charge in [0.25, 0.3) is 0 Å². The van der Waals surface area contributed by atoms with Crippen LogP contribution in [-0.4, -0.2) is 14.7 Å². The van der Waals surface area contributed by atoms with Crippen LogP contribution in [0.3, 0.4) is 0 Å². The van der Waals surface area contributed by atoms with Crippen molar-refractivity contribution in [2.24, 2.45) is 0 Å². The number of hydrogen-bond donors (Lipinski definition) is 1. The Morgan fingerprint density at radius 1 is 1.47 bits per heavy atom. The molecule has 1 aromatic heterocycles. The van der Waals surface area contributed by atoms with Crippen LogP contribution in [0, 0.1) is 12.3 Å². The minimum atomic E-state index is -0.541. The van der Waals surface area contributed by atoms with Crippen molar-refractivity contribution in [3.8, 4) is 12.3 Å². The minimum Gasteiger partial charge on any atom is -0.385 e. The highest BCUT2D eigenvalue weighted by molar-refractivity contribution is 5.76. The standard InChI is InChI=1S/C14H16N2O/c1-3-7-13(17)14-15-11-8-5-6-9-12(11)16(14)10-4-2/h2,5-6,8-9,13,17H,3,7,10H2,1H3/t13-/m1/s1. The highest BCUT2D eigenvalue weighted by Crippen LogP contribution is 2.23. The van der Waals surface area contributed by atoms with Gasteiger partial charge in [0, 0.05) is 0 Å². The van der Waals surface area contributed by atoms with E-state index in [1.165, 1.54) is 0 Å². The number of imidazole rings is 1. The lowest BCUT2D eigenvalue weighted by molar-refractivity contribution is 0.153. The van der Waals surface area contributed by atoms with Crippen molar-refractivity contribution >= 4 is 11.0 Å². The lowest BCUT2D eigenvalue weighted by Crippen LogP contribution is -2.08. The molecule has 0 aliphatic rings. The van der Waals surface area contributed by atoms with Crippen LogP contribution in [0.2, 0.25) is 0 Å². The molecule has 88 valence electrons. The topological polar surface area (TPSA) is 38.0 Å². The summed E-state index contributed by atoms with van der Waals surface area (Å²) in [6.45, 7) is 2.48. The van der Waals surface area contributed by atoms with E-state index < -0.39 is 6.10 Å². The molecule has 2 rings (SSSR count). The molecule has 0 spiro atoms. The number of aromatic nitrogens is 2. The second-order valence-corrected chi connectivity index (χ2v) is 4.05.